The zero-order chi connectivity index (χ0) is 22.7. The minimum Gasteiger partial charge on any atom is -0.466 e. The second kappa shape index (κ2) is 9.03. The number of benzene rings is 2. The highest BCUT2D eigenvalue weighted by molar-refractivity contribution is 6.08. The molecule has 164 valence electrons. The highest BCUT2D eigenvalue weighted by Gasteiger charge is 2.34. The number of hydrogen-bond acceptors (Lipinski definition) is 8. The standard InChI is InChI=1S/C23H22N4O5/c1-14-6-8-15(9-7-14)20-25-21(32-26-20)16-4-3-5-17(12-16)24-19-18(23(30)31-2)13-27(10-11-28)22(19)29/h3-9,12,24,28H,10-11,13H2,1-2H3. The van der Waals surface area contributed by atoms with Crippen molar-refractivity contribution in [2.75, 3.05) is 32.1 Å². The molecule has 0 unspecified atom stereocenters. The maximum Gasteiger partial charge on any atom is 0.337 e. The van der Waals surface area contributed by atoms with Gasteiger partial charge in [0.05, 0.1) is 25.8 Å². The molecule has 1 amide bonds. The molecule has 3 aromatic rings. The average Bonchev–Trinajstić information content (AvgIpc) is 3.41. The Bertz CT molecular complexity index is 1180. The molecular formula is C23H22N4O5. The molecule has 0 saturated heterocycles. The number of nitrogens with zero attached hydrogens (tertiary/aromatic N) is 3. The molecule has 2 heterocycles. The summed E-state index contributed by atoms with van der Waals surface area (Å²) in [5.41, 5.74) is 3.51. The topological polar surface area (TPSA) is 118 Å². The summed E-state index contributed by atoms with van der Waals surface area (Å²) in [5.74, 6) is -0.188. The van der Waals surface area contributed by atoms with E-state index < -0.39 is 5.97 Å². The molecule has 4 rings (SSSR count). The van der Waals surface area contributed by atoms with Crippen molar-refractivity contribution in [2.24, 2.45) is 0 Å². The first-order valence-electron chi connectivity index (χ1n) is 10.00. The molecule has 1 aliphatic heterocycles. The SMILES string of the molecule is COC(=O)C1=C(Nc2cccc(-c3nc(-c4ccc(C)cc4)no3)c2)C(=O)N(CCO)C1. The normalized spacial score (nSPS) is 13.6. The van der Waals surface area contributed by atoms with Crippen molar-refractivity contribution in [1.29, 1.82) is 0 Å². The van der Waals surface area contributed by atoms with Gasteiger partial charge in [0.15, 0.2) is 0 Å². The van der Waals surface area contributed by atoms with E-state index in [1.165, 1.54) is 12.0 Å². The fraction of sp³-hybridized carbons (Fsp3) is 0.217. The van der Waals surface area contributed by atoms with Crippen LogP contribution in [0.5, 0.6) is 0 Å². The van der Waals surface area contributed by atoms with Gasteiger partial charge >= 0.3 is 5.97 Å². The number of aliphatic hydroxyl groups is 1. The first-order valence-corrected chi connectivity index (χ1v) is 10.00. The summed E-state index contributed by atoms with van der Waals surface area (Å²) >= 11 is 0. The number of β-amino-alcohol motifs (C(OH)–C–C–N with tert-alkyl or cyclic N) is 1. The number of hydrogen-bond donors (Lipinski definition) is 2. The van der Waals surface area contributed by atoms with Crippen LogP contribution in [0.4, 0.5) is 5.69 Å². The zero-order valence-corrected chi connectivity index (χ0v) is 17.7. The molecule has 0 bridgehead atoms. The maximum atomic E-state index is 12.7. The lowest BCUT2D eigenvalue weighted by atomic mass is 10.1. The number of anilines is 1. The quantitative estimate of drug-likeness (QED) is 0.544. The fourth-order valence-electron chi connectivity index (χ4n) is 3.38. The third-order valence-corrected chi connectivity index (χ3v) is 5.07. The Labute approximate surface area is 184 Å². The Morgan fingerprint density at radius 2 is 2.00 bits per heavy atom. The number of esters is 1. The molecule has 0 atom stereocenters. The summed E-state index contributed by atoms with van der Waals surface area (Å²) in [6.07, 6.45) is 0. The van der Waals surface area contributed by atoms with E-state index in [1.54, 1.807) is 18.2 Å². The fourth-order valence-corrected chi connectivity index (χ4v) is 3.38. The number of ether oxygens (including phenoxy) is 1. The second-order valence-electron chi connectivity index (χ2n) is 7.29. The lowest BCUT2D eigenvalue weighted by Crippen LogP contribution is -2.31. The summed E-state index contributed by atoms with van der Waals surface area (Å²) in [4.78, 5) is 30.7. The average molecular weight is 434 g/mol. The van der Waals surface area contributed by atoms with Gasteiger partial charge < -0.3 is 24.6 Å². The highest BCUT2D eigenvalue weighted by atomic mass is 16.5. The van der Waals surface area contributed by atoms with Crippen molar-refractivity contribution in [3.8, 4) is 22.8 Å². The molecule has 0 spiro atoms. The second-order valence-corrected chi connectivity index (χ2v) is 7.29. The number of methoxy groups -OCH3 is 1. The van der Waals surface area contributed by atoms with E-state index in [0.717, 1.165) is 11.1 Å². The van der Waals surface area contributed by atoms with Crippen LogP contribution >= 0.6 is 0 Å². The number of aromatic nitrogens is 2. The van der Waals surface area contributed by atoms with Crippen molar-refractivity contribution < 1.29 is 24.0 Å². The molecule has 9 nitrogen and oxygen atoms in total. The summed E-state index contributed by atoms with van der Waals surface area (Å²) in [5, 5.41) is 16.3. The Morgan fingerprint density at radius 3 is 2.72 bits per heavy atom. The van der Waals surface area contributed by atoms with Crippen molar-refractivity contribution in [2.45, 2.75) is 6.92 Å². The lowest BCUT2D eigenvalue weighted by molar-refractivity contribution is -0.136. The van der Waals surface area contributed by atoms with Gasteiger partial charge in [0.25, 0.3) is 11.8 Å². The minimum absolute atomic E-state index is 0.0671. The van der Waals surface area contributed by atoms with Crippen LogP contribution in [0.15, 0.2) is 64.3 Å². The van der Waals surface area contributed by atoms with E-state index in [0.29, 0.717) is 23.0 Å². The lowest BCUT2D eigenvalue weighted by Gasteiger charge is -2.15. The number of carbonyl (C=O) groups excluding carboxylic acids is 2. The van der Waals surface area contributed by atoms with Gasteiger partial charge in [-0.05, 0) is 25.1 Å². The van der Waals surface area contributed by atoms with Gasteiger partial charge in [-0.25, -0.2) is 4.79 Å². The summed E-state index contributed by atoms with van der Waals surface area (Å²) < 4.78 is 10.2. The van der Waals surface area contributed by atoms with E-state index in [4.69, 9.17) is 9.26 Å². The predicted molar refractivity (Wildman–Crippen MR) is 116 cm³/mol. The number of aryl methyl sites for hydroxylation is 1. The maximum absolute atomic E-state index is 12.7. The van der Waals surface area contributed by atoms with E-state index in [-0.39, 0.29) is 36.9 Å². The van der Waals surface area contributed by atoms with Crippen LogP contribution in [0.2, 0.25) is 0 Å². The molecule has 32 heavy (non-hydrogen) atoms. The van der Waals surface area contributed by atoms with Crippen molar-refractivity contribution >= 4 is 17.6 Å². The van der Waals surface area contributed by atoms with Crippen LogP contribution in [-0.4, -0.2) is 58.8 Å². The summed E-state index contributed by atoms with van der Waals surface area (Å²) in [7, 11) is 1.26. The zero-order valence-electron chi connectivity index (χ0n) is 17.7. The molecule has 0 fully saturated rings. The van der Waals surface area contributed by atoms with Crippen LogP contribution in [0.1, 0.15) is 5.56 Å². The number of amides is 1. The third kappa shape index (κ3) is 4.23. The van der Waals surface area contributed by atoms with Crippen LogP contribution < -0.4 is 5.32 Å². The van der Waals surface area contributed by atoms with Gasteiger partial charge in [0.1, 0.15) is 5.70 Å². The van der Waals surface area contributed by atoms with Gasteiger partial charge in [-0.3, -0.25) is 4.79 Å². The van der Waals surface area contributed by atoms with Crippen LogP contribution in [0.3, 0.4) is 0 Å². The Kier molecular flexibility index (Phi) is 6.00. The Balaban J connectivity index is 1.60. The number of rotatable bonds is 7. The first-order chi connectivity index (χ1) is 15.5. The predicted octanol–water partition coefficient (Wildman–Crippen LogP) is 2.39. The highest BCUT2D eigenvalue weighted by Crippen LogP contribution is 2.27. The third-order valence-electron chi connectivity index (χ3n) is 5.07. The molecule has 0 aliphatic carbocycles. The molecule has 0 saturated carbocycles. The van der Waals surface area contributed by atoms with Crippen LogP contribution in [0, 0.1) is 6.92 Å². The molecule has 0 radical (unpaired) electrons. The van der Waals surface area contributed by atoms with Crippen molar-refractivity contribution in [3.63, 3.8) is 0 Å². The van der Waals surface area contributed by atoms with Gasteiger partial charge in [0.2, 0.25) is 5.82 Å². The molecular weight excluding hydrogens is 412 g/mol. The monoisotopic (exact) mass is 434 g/mol. The molecule has 9 heteroatoms. The van der Waals surface area contributed by atoms with Gasteiger partial charge in [-0.1, -0.05) is 41.1 Å². The molecule has 2 aromatic carbocycles. The summed E-state index contributed by atoms with van der Waals surface area (Å²) in [6.45, 7) is 1.98. The van der Waals surface area contributed by atoms with Gasteiger partial charge in [-0.15, -0.1) is 0 Å². The first kappa shape index (κ1) is 21.3. The number of aliphatic hydroxyl groups excluding tert-OH is 1. The molecule has 2 N–H and O–H groups in total. The minimum atomic E-state index is -0.600. The van der Waals surface area contributed by atoms with Gasteiger partial charge in [-0.2, -0.15) is 4.98 Å². The Hall–Kier alpha value is -3.98. The smallest absolute Gasteiger partial charge is 0.337 e. The van der Waals surface area contributed by atoms with Crippen LogP contribution in [-0.2, 0) is 14.3 Å². The number of nitrogens with one attached hydrogen (secondary N) is 1. The van der Waals surface area contributed by atoms with Gasteiger partial charge in [0, 0.05) is 23.4 Å². The van der Waals surface area contributed by atoms with E-state index in [2.05, 4.69) is 15.5 Å². The summed E-state index contributed by atoms with van der Waals surface area (Å²) in [6, 6.07) is 14.9. The Morgan fingerprint density at radius 1 is 1.22 bits per heavy atom. The van der Waals surface area contributed by atoms with E-state index in [1.807, 2.05) is 37.3 Å². The van der Waals surface area contributed by atoms with E-state index >= 15 is 0 Å². The largest absolute Gasteiger partial charge is 0.466 e. The molecule has 1 aliphatic rings. The number of carbonyl (C=O) groups is 2. The van der Waals surface area contributed by atoms with Crippen molar-refractivity contribution in [3.05, 3.63) is 65.4 Å². The van der Waals surface area contributed by atoms with Crippen molar-refractivity contribution in [1.82, 2.24) is 15.0 Å². The van der Waals surface area contributed by atoms with E-state index in [9.17, 15) is 14.7 Å². The van der Waals surface area contributed by atoms with Crippen LogP contribution in [0.25, 0.3) is 22.8 Å². The molecule has 1 aromatic heterocycles.